The summed E-state index contributed by atoms with van der Waals surface area (Å²) in [4.78, 5) is 0. The number of hydrogen-bond donors (Lipinski definition) is 5. The zero-order chi connectivity index (χ0) is 16.6. The average Bonchev–Trinajstić information content (AvgIpc) is 3.12. The van der Waals surface area contributed by atoms with Gasteiger partial charge in [-0.3, -0.25) is 0 Å². The molecule has 0 spiro atoms. The molecule has 2 heterocycles. The molecule has 1 aliphatic carbocycles. The highest BCUT2D eigenvalue weighted by Crippen LogP contribution is 2.40. The van der Waals surface area contributed by atoms with Crippen LogP contribution in [-0.2, 0) is 14.2 Å². The summed E-state index contributed by atoms with van der Waals surface area (Å²) >= 11 is 0. The maximum absolute atomic E-state index is 9.94. The van der Waals surface area contributed by atoms with Crippen LogP contribution in [0.4, 0.5) is 0 Å². The van der Waals surface area contributed by atoms with Crippen LogP contribution in [0.1, 0.15) is 6.42 Å². The Morgan fingerprint density at radius 1 is 1.09 bits per heavy atom. The van der Waals surface area contributed by atoms with E-state index in [1.165, 1.54) is 0 Å². The number of aliphatic hydroxyl groups is 5. The van der Waals surface area contributed by atoms with Crippen LogP contribution >= 0.6 is 0 Å². The maximum Gasteiger partial charge on any atom is 0.187 e. The molecule has 0 radical (unpaired) electrons. The normalized spacial score (nSPS) is 46.7. The first-order chi connectivity index (χ1) is 11.1. The van der Waals surface area contributed by atoms with Crippen molar-refractivity contribution in [2.75, 3.05) is 26.4 Å². The van der Waals surface area contributed by atoms with Crippen LogP contribution in [0.5, 0.6) is 0 Å². The smallest absolute Gasteiger partial charge is 0.187 e. The molecule has 8 unspecified atom stereocenters. The Kier molecular flexibility index (Phi) is 5.34. The van der Waals surface area contributed by atoms with Crippen molar-refractivity contribution in [3.8, 4) is 0 Å². The van der Waals surface area contributed by atoms with Gasteiger partial charge in [0.2, 0.25) is 0 Å². The van der Waals surface area contributed by atoms with Gasteiger partial charge in [-0.25, -0.2) is 0 Å². The predicted molar refractivity (Wildman–Crippen MR) is 76.2 cm³/mol. The molecular weight excluding hydrogens is 308 g/mol. The number of hydrogen-bond acceptors (Lipinski definition) is 8. The van der Waals surface area contributed by atoms with Crippen molar-refractivity contribution in [1.82, 2.24) is 0 Å². The number of aliphatic hydroxyl groups excluding tert-OH is 5. The van der Waals surface area contributed by atoms with Crippen molar-refractivity contribution in [1.29, 1.82) is 0 Å². The minimum atomic E-state index is -1.46. The van der Waals surface area contributed by atoms with Crippen molar-refractivity contribution in [3.05, 3.63) is 11.6 Å². The molecule has 0 aromatic carbocycles. The monoisotopic (exact) mass is 332 g/mol. The topological polar surface area (TPSA) is 129 Å². The van der Waals surface area contributed by atoms with E-state index in [2.05, 4.69) is 0 Å². The number of fused-ring (bicyclic) bond motifs is 1. The predicted octanol–water partition coefficient (Wildman–Crippen LogP) is -2.24. The molecule has 8 nitrogen and oxygen atoms in total. The van der Waals surface area contributed by atoms with Gasteiger partial charge in [0.05, 0.1) is 25.9 Å². The first kappa shape index (κ1) is 17.2. The summed E-state index contributed by atoms with van der Waals surface area (Å²) in [5.41, 5.74) is 0.874. The Morgan fingerprint density at radius 3 is 2.57 bits per heavy atom. The third-order valence-electron chi connectivity index (χ3n) is 5.01. The first-order valence-corrected chi connectivity index (χ1v) is 7.92. The first-order valence-electron chi connectivity index (χ1n) is 7.92. The summed E-state index contributed by atoms with van der Waals surface area (Å²) in [6.07, 6.45) is -3.63. The Hall–Kier alpha value is -0.580. The van der Waals surface area contributed by atoms with E-state index in [0.717, 1.165) is 12.0 Å². The van der Waals surface area contributed by atoms with E-state index < -0.39 is 37.3 Å². The molecule has 23 heavy (non-hydrogen) atoms. The van der Waals surface area contributed by atoms with Crippen molar-refractivity contribution < 1.29 is 39.7 Å². The summed E-state index contributed by atoms with van der Waals surface area (Å²) in [6, 6.07) is 0. The lowest BCUT2D eigenvalue weighted by Crippen LogP contribution is -2.59. The quantitative estimate of drug-likeness (QED) is 0.357. The molecule has 0 saturated carbocycles. The molecule has 2 aliphatic heterocycles. The molecule has 2 saturated heterocycles. The highest BCUT2D eigenvalue weighted by Gasteiger charge is 2.45. The number of ether oxygens (including phenoxy) is 3. The summed E-state index contributed by atoms with van der Waals surface area (Å²) in [6.45, 7) is 0.298. The second-order valence-corrected chi connectivity index (χ2v) is 6.33. The van der Waals surface area contributed by atoms with Crippen LogP contribution in [0.2, 0.25) is 0 Å². The lowest BCUT2D eigenvalue weighted by Gasteiger charge is -2.39. The van der Waals surface area contributed by atoms with Crippen LogP contribution in [-0.4, -0.2) is 88.8 Å². The van der Waals surface area contributed by atoms with E-state index in [0.29, 0.717) is 6.61 Å². The van der Waals surface area contributed by atoms with Crippen LogP contribution in [0.3, 0.4) is 0 Å². The van der Waals surface area contributed by atoms with E-state index in [-0.39, 0.29) is 31.2 Å². The van der Waals surface area contributed by atoms with Gasteiger partial charge in [-0.2, -0.15) is 0 Å². The van der Waals surface area contributed by atoms with E-state index in [4.69, 9.17) is 19.3 Å². The van der Waals surface area contributed by atoms with Gasteiger partial charge in [-0.1, -0.05) is 6.08 Å². The zero-order valence-corrected chi connectivity index (χ0v) is 12.7. The van der Waals surface area contributed by atoms with Crippen molar-refractivity contribution >= 4 is 0 Å². The van der Waals surface area contributed by atoms with Gasteiger partial charge in [0.1, 0.15) is 24.4 Å². The summed E-state index contributed by atoms with van der Waals surface area (Å²) in [5, 5.41) is 48.2. The van der Waals surface area contributed by atoms with E-state index >= 15 is 0 Å². The second kappa shape index (κ2) is 7.12. The Morgan fingerprint density at radius 2 is 1.87 bits per heavy atom. The summed E-state index contributed by atoms with van der Waals surface area (Å²) in [5.74, 6) is 0.195. The van der Waals surface area contributed by atoms with Crippen LogP contribution < -0.4 is 0 Å². The van der Waals surface area contributed by atoms with Gasteiger partial charge in [0.25, 0.3) is 0 Å². The molecule has 0 aromatic rings. The summed E-state index contributed by atoms with van der Waals surface area (Å²) < 4.78 is 16.4. The second-order valence-electron chi connectivity index (χ2n) is 6.33. The Balaban J connectivity index is 1.61. The molecule has 3 aliphatic rings. The van der Waals surface area contributed by atoms with Gasteiger partial charge in [-0.15, -0.1) is 0 Å². The van der Waals surface area contributed by atoms with Gasteiger partial charge in [-0.05, 0) is 17.9 Å². The average molecular weight is 332 g/mol. The SMILES string of the molecule is OCC1OC(OCC2=CC3OCCC3C2CO)C(O)C(O)C1O. The fraction of sp³-hybridized carbons (Fsp3) is 0.867. The molecule has 3 rings (SSSR count). The molecule has 2 fully saturated rings. The number of rotatable bonds is 5. The molecule has 0 aromatic heterocycles. The highest BCUT2D eigenvalue weighted by atomic mass is 16.7. The zero-order valence-electron chi connectivity index (χ0n) is 12.7. The third-order valence-corrected chi connectivity index (χ3v) is 5.01. The van der Waals surface area contributed by atoms with Gasteiger partial charge in [0, 0.05) is 12.5 Å². The van der Waals surface area contributed by atoms with Crippen molar-refractivity contribution in [2.24, 2.45) is 11.8 Å². The third kappa shape index (κ3) is 3.18. The molecule has 5 N–H and O–H groups in total. The standard InChI is InChI=1S/C15H24O8/c16-4-9-7(3-10-8(9)1-2-21-10)6-22-15-14(20)13(19)12(18)11(5-17)23-15/h3,8-20H,1-2,4-6H2. The minimum Gasteiger partial charge on any atom is -0.396 e. The largest absolute Gasteiger partial charge is 0.396 e. The molecule has 132 valence electrons. The molecule has 0 amide bonds. The van der Waals surface area contributed by atoms with Crippen molar-refractivity contribution in [2.45, 2.75) is 43.2 Å². The van der Waals surface area contributed by atoms with E-state index in [1.807, 2.05) is 6.08 Å². The fourth-order valence-electron chi connectivity index (χ4n) is 3.63. The van der Waals surface area contributed by atoms with Gasteiger partial charge >= 0.3 is 0 Å². The van der Waals surface area contributed by atoms with E-state index in [9.17, 15) is 20.4 Å². The molecule has 8 heteroatoms. The van der Waals surface area contributed by atoms with Gasteiger partial charge in [0.15, 0.2) is 6.29 Å². The Labute approximate surface area is 133 Å². The summed E-state index contributed by atoms with van der Waals surface area (Å²) in [7, 11) is 0. The highest BCUT2D eigenvalue weighted by molar-refractivity contribution is 5.22. The van der Waals surface area contributed by atoms with Crippen molar-refractivity contribution in [3.63, 3.8) is 0 Å². The van der Waals surface area contributed by atoms with Gasteiger partial charge < -0.3 is 39.7 Å². The lowest BCUT2D eigenvalue weighted by molar-refractivity contribution is -0.299. The van der Waals surface area contributed by atoms with Crippen LogP contribution in [0, 0.1) is 11.8 Å². The maximum atomic E-state index is 9.94. The fourth-order valence-corrected chi connectivity index (χ4v) is 3.63. The molecule has 0 bridgehead atoms. The Bertz CT molecular complexity index is 439. The van der Waals surface area contributed by atoms with E-state index in [1.54, 1.807) is 0 Å². The minimum absolute atomic E-state index is 0.00555. The lowest BCUT2D eigenvalue weighted by atomic mass is 9.90. The van der Waals surface area contributed by atoms with Crippen LogP contribution in [0.25, 0.3) is 0 Å². The molecular formula is C15H24O8. The molecule has 8 atom stereocenters. The van der Waals surface area contributed by atoms with Crippen LogP contribution in [0.15, 0.2) is 11.6 Å².